The first-order valence-corrected chi connectivity index (χ1v) is 7.91. The number of benzene rings is 1. The zero-order valence-electron chi connectivity index (χ0n) is 11.2. The van der Waals surface area contributed by atoms with Gasteiger partial charge in [-0.15, -0.1) is 5.10 Å². The molecule has 116 valence electrons. The van der Waals surface area contributed by atoms with Crippen LogP contribution in [0.2, 0.25) is 9.36 Å². The number of hydrogen-bond donors (Lipinski definition) is 0. The number of rotatable bonds is 3. The minimum absolute atomic E-state index is 0.0553. The molecule has 2 aromatic rings. The monoisotopic (exact) mass is 360 g/mol. The number of ether oxygens (including phenoxy) is 3. The molecular weight excluding hydrogens is 351 g/mol. The van der Waals surface area contributed by atoms with Crippen LogP contribution in [-0.2, 0) is 11.3 Å². The fraction of sp³-hybridized carbons (Fsp3) is 0.308. The van der Waals surface area contributed by atoms with Crippen LogP contribution in [0.3, 0.4) is 0 Å². The normalized spacial score (nSPS) is 13.5. The molecule has 0 saturated carbocycles. The molecule has 0 saturated heterocycles. The lowest BCUT2D eigenvalue weighted by atomic mass is 10.2. The van der Waals surface area contributed by atoms with Crippen LogP contribution in [0.5, 0.6) is 11.5 Å². The van der Waals surface area contributed by atoms with Gasteiger partial charge in [-0.05, 0) is 12.1 Å². The Balaban J connectivity index is 1.76. The zero-order chi connectivity index (χ0) is 15.5. The minimum atomic E-state index is -0.554. The van der Waals surface area contributed by atoms with Crippen molar-refractivity contribution < 1.29 is 19.0 Å². The number of fused-ring (bicyclic) bond motifs is 1. The molecule has 2 heterocycles. The second kappa shape index (κ2) is 6.68. The van der Waals surface area contributed by atoms with Crippen molar-refractivity contribution in [3.63, 3.8) is 0 Å². The molecule has 0 amide bonds. The standard InChI is InChI=1S/C13H10Cl2N2O4S/c14-8-4-7(5-10-11(8)20-3-1-2-19-10)13(18)21-6-9-12(15)22-17-16-9/h4-5H,1-3,6H2. The highest BCUT2D eigenvalue weighted by Crippen LogP contribution is 2.38. The van der Waals surface area contributed by atoms with Gasteiger partial charge in [-0.25, -0.2) is 4.79 Å². The number of aromatic nitrogens is 2. The van der Waals surface area contributed by atoms with Crippen LogP contribution in [0.1, 0.15) is 22.5 Å². The lowest BCUT2D eigenvalue weighted by molar-refractivity contribution is 0.0467. The van der Waals surface area contributed by atoms with E-state index in [1.165, 1.54) is 6.07 Å². The van der Waals surface area contributed by atoms with Crippen molar-refractivity contribution in [2.75, 3.05) is 13.2 Å². The van der Waals surface area contributed by atoms with E-state index in [0.29, 0.717) is 39.8 Å². The van der Waals surface area contributed by atoms with Crippen LogP contribution in [-0.4, -0.2) is 28.8 Å². The molecule has 0 unspecified atom stereocenters. The molecular formula is C13H10Cl2N2O4S. The number of nitrogens with zero attached hydrogens (tertiary/aromatic N) is 2. The van der Waals surface area contributed by atoms with Crippen molar-refractivity contribution in [2.45, 2.75) is 13.0 Å². The maximum atomic E-state index is 12.1. The van der Waals surface area contributed by atoms with Gasteiger partial charge in [0.05, 0.1) is 23.8 Å². The van der Waals surface area contributed by atoms with Crippen LogP contribution in [0.25, 0.3) is 0 Å². The zero-order valence-corrected chi connectivity index (χ0v) is 13.5. The first-order valence-electron chi connectivity index (χ1n) is 6.38. The second-order valence-corrected chi connectivity index (χ2v) is 6.17. The SMILES string of the molecule is O=C(OCc1nnsc1Cl)c1cc(Cl)c2c(c1)OCCCO2. The van der Waals surface area contributed by atoms with Crippen molar-refractivity contribution in [3.8, 4) is 11.5 Å². The summed E-state index contributed by atoms with van der Waals surface area (Å²) in [5.74, 6) is 0.328. The van der Waals surface area contributed by atoms with Crippen LogP contribution < -0.4 is 9.47 Å². The first-order chi connectivity index (χ1) is 10.6. The van der Waals surface area contributed by atoms with E-state index >= 15 is 0 Å². The summed E-state index contributed by atoms with van der Waals surface area (Å²) in [6.45, 7) is 0.966. The average Bonchev–Trinajstić information content (AvgIpc) is 2.76. The van der Waals surface area contributed by atoms with Gasteiger partial charge in [0.1, 0.15) is 16.6 Å². The highest BCUT2D eigenvalue weighted by atomic mass is 35.5. The van der Waals surface area contributed by atoms with Crippen molar-refractivity contribution >= 4 is 40.7 Å². The maximum Gasteiger partial charge on any atom is 0.338 e. The molecule has 0 atom stereocenters. The summed E-state index contributed by atoms with van der Waals surface area (Å²) in [5.41, 5.74) is 0.689. The fourth-order valence-electron chi connectivity index (χ4n) is 1.85. The molecule has 0 bridgehead atoms. The van der Waals surface area contributed by atoms with E-state index in [9.17, 15) is 4.79 Å². The molecule has 3 rings (SSSR count). The summed E-state index contributed by atoms with van der Waals surface area (Å²) in [6.07, 6.45) is 0.750. The predicted octanol–water partition coefficient (Wildman–Crippen LogP) is 3.36. The van der Waals surface area contributed by atoms with Gasteiger partial charge < -0.3 is 14.2 Å². The minimum Gasteiger partial charge on any atom is -0.489 e. The van der Waals surface area contributed by atoms with Gasteiger partial charge in [-0.1, -0.05) is 27.7 Å². The Labute approximate surface area is 140 Å². The van der Waals surface area contributed by atoms with Crippen LogP contribution in [0, 0.1) is 0 Å². The van der Waals surface area contributed by atoms with E-state index in [1.807, 2.05) is 0 Å². The summed E-state index contributed by atoms with van der Waals surface area (Å²) in [7, 11) is 0. The molecule has 1 aliphatic heterocycles. The molecule has 1 aromatic carbocycles. The van der Waals surface area contributed by atoms with Gasteiger partial charge in [-0.2, -0.15) is 0 Å². The number of halogens is 2. The lowest BCUT2D eigenvalue weighted by Gasteiger charge is -2.11. The van der Waals surface area contributed by atoms with E-state index in [4.69, 9.17) is 37.4 Å². The molecule has 0 N–H and O–H groups in total. The lowest BCUT2D eigenvalue weighted by Crippen LogP contribution is -2.06. The summed E-state index contributed by atoms with van der Waals surface area (Å²) in [5, 5.41) is 4.08. The Bertz CT molecular complexity index is 707. The Morgan fingerprint density at radius 3 is 2.91 bits per heavy atom. The Hall–Kier alpha value is -1.57. The topological polar surface area (TPSA) is 70.5 Å². The van der Waals surface area contributed by atoms with Crippen LogP contribution in [0.4, 0.5) is 0 Å². The maximum absolute atomic E-state index is 12.1. The molecule has 9 heteroatoms. The third-order valence-electron chi connectivity index (χ3n) is 2.89. The third-order valence-corrected chi connectivity index (χ3v) is 4.15. The van der Waals surface area contributed by atoms with E-state index in [0.717, 1.165) is 18.0 Å². The van der Waals surface area contributed by atoms with Crippen molar-refractivity contribution in [1.82, 2.24) is 9.59 Å². The highest BCUT2D eigenvalue weighted by molar-refractivity contribution is 7.10. The predicted molar refractivity (Wildman–Crippen MR) is 81.1 cm³/mol. The van der Waals surface area contributed by atoms with Crippen molar-refractivity contribution in [2.24, 2.45) is 0 Å². The number of carbonyl (C=O) groups is 1. The summed E-state index contributed by atoms with van der Waals surface area (Å²) < 4.78 is 20.3. The summed E-state index contributed by atoms with van der Waals surface area (Å²) in [4.78, 5) is 12.1. The quantitative estimate of drug-likeness (QED) is 0.781. The number of carbonyl (C=O) groups excluding carboxylic acids is 1. The van der Waals surface area contributed by atoms with E-state index in [-0.39, 0.29) is 12.2 Å². The summed E-state index contributed by atoms with van der Waals surface area (Å²) in [6, 6.07) is 3.04. The van der Waals surface area contributed by atoms with Gasteiger partial charge in [0.2, 0.25) is 0 Å². The van der Waals surface area contributed by atoms with Crippen LogP contribution >= 0.6 is 34.7 Å². The molecule has 0 spiro atoms. The van der Waals surface area contributed by atoms with Crippen LogP contribution in [0.15, 0.2) is 12.1 Å². The molecule has 22 heavy (non-hydrogen) atoms. The number of esters is 1. The molecule has 0 radical (unpaired) electrons. The number of hydrogen-bond acceptors (Lipinski definition) is 7. The van der Waals surface area contributed by atoms with Gasteiger partial charge in [-0.3, -0.25) is 0 Å². The molecule has 1 aliphatic rings. The molecule has 1 aromatic heterocycles. The van der Waals surface area contributed by atoms with Gasteiger partial charge in [0.15, 0.2) is 11.5 Å². The molecule has 0 aliphatic carbocycles. The third kappa shape index (κ3) is 3.26. The molecule has 6 nitrogen and oxygen atoms in total. The molecule has 0 fully saturated rings. The van der Waals surface area contributed by atoms with Gasteiger partial charge in [0, 0.05) is 18.0 Å². The largest absolute Gasteiger partial charge is 0.489 e. The first kappa shape index (κ1) is 15.3. The van der Waals surface area contributed by atoms with Crippen molar-refractivity contribution in [1.29, 1.82) is 0 Å². The van der Waals surface area contributed by atoms with E-state index in [1.54, 1.807) is 6.07 Å². The second-order valence-electron chi connectivity index (χ2n) is 4.41. The Morgan fingerprint density at radius 2 is 2.14 bits per heavy atom. The average molecular weight is 361 g/mol. The Kier molecular flexibility index (Phi) is 4.66. The summed E-state index contributed by atoms with van der Waals surface area (Å²) >= 11 is 13.0. The Morgan fingerprint density at radius 1 is 1.32 bits per heavy atom. The fourth-order valence-corrected chi connectivity index (χ4v) is 2.72. The smallest absolute Gasteiger partial charge is 0.338 e. The van der Waals surface area contributed by atoms with E-state index in [2.05, 4.69) is 9.59 Å². The van der Waals surface area contributed by atoms with Gasteiger partial charge in [0.25, 0.3) is 0 Å². The highest BCUT2D eigenvalue weighted by Gasteiger charge is 2.19. The van der Waals surface area contributed by atoms with E-state index < -0.39 is 5.97 Å². The van der Waals surface area contributed by atoms with Gasteiger partial charge >= 0.3 is 5.97 Å². The van der Waals surface area contributed by atoms with Crippen molar-refractivity contribution in [3.05, 3.63) is 32.7 Å².